The number of hydrogen-bond acceptors (Lipinski definition) is 5. The van der Waals surface area contributed by atoms with E-state index in [1.54, 1.807) is 18.7 Å². The van der Waals surface area contributed by atoms with Gasteiger partial charge >= 0.3 is 5.97 Å². The Hall–Kier alpha value is -2.24. The van der Waals surface area contributed by atoms with Gasteiger partial charge in [0, 0.05) is 16.5 Å². The standard InChI is InChI=1S/C20H19ClN2O2S/c1-2-25-20(24)12-15-11-19(23-18-10-6-5-9-17(18)22-15)26-13-14-7-3-4-8-16(14)21/h3-11,22H,2,12-13H2,1H3. The number of nitrogens with zero attached hydrogens (tertiary/aromatic N) is 1. The fourth-order valence-electron chi connectivity index (χ4n) is 2.49. The van der Waals surface area contributed by atoms with Crippen LogP contribution in [0.1, 0.15) is 18.9 Å². The van der Waals surface area contributed by atoms with Crippen molar-refractivity contribution in [1.29, 1.82) is 0 Å². The first-order valence-electron chi connectivity index (χ1n) is 8.33. The Morgan fingerprint density at radius 2 is 1.96 bits per heavy atom. The Bertz CT molecular complexity index is 864. The number of hydrogen-bond donors (Lipinski definition) is 1. The Kier molecular flexibility index (Phi) is 6.36. The number of anilines is 1. The van der Waals surface area contributed by atoms with Gasteiger partial charge in [-0.3, -0.25) is 4.79 Å². The van der Waals surface area contributed by atoms with E-state index in [1.807, 2.05) is 54.6 Å². The lowest BCUT2D eigenvalue weighted by Gasteiger charge is -2.10. The molecule has 0 saturated heterocycles. The van der Waals surface area contributed by atoms with Crippen LogP contribution in [-0.2, 0) is 15.3 Å². The first-order chi connectivity index (χ1) is 12.7. The molecule has 0 unspecified atom stereocenters. The molecule has 1 heterocycles. The van der Waals surface area contributed by atoms with Crippen molar-refractivity contribution < 1.29 is 9.53 Å². The number of fused-ring (bicyclic) bond motifs is 1. The number of ether oxygens (including phenoxy) is 1. The molecule has 0 aliphatic carbocycles. The molecule has 1 N–H and O–H groups in total. The minimum atomic E-state index is -0.263. The number of nitrogens with one attached hydrogen (secondary N) is 1. The van der Waals surface area contributed by atoms with Gasteiger partial charge in [-0.15, -0.1) is 11.8 Å². The summed E-state index contributed by atoms with van der Waals surface area (Å²) in [5, 5.41) is 4.85. The maximum atomic E-state index is 11.9. The fraction of sp³-hybridized carbons (Fsp3) is 0.200. The van der Waals surface area contributed by atoms with Crippen LogP contribution in [0.5, 0.6) is 0 Å². The molecule has 134 valence electrons. The van der Waals surface area contributed by atoms with Gasteiger partial charge in [-0.1, -0.05) is 41.9 Å². The van der Waals surface area contributed by atoms with Gasteiger partial charge in [-0.2, -0.15) is 0 Å². The molecule has 0 radical (unpaired) electrons. The Morgan fingerprint density at radius 1 is 1.19 bits per heavy atom. The zero-order valence-corrected chi connectivity index (χ0v) is 15.9. The average Bonchev–Trinajstić information content (AvgIpc) is 2.79. The maximum absolute atomic E-state index is 11.9. The van der Waals surface area contributed by atoms with E-state index >= 15 is 0 Å². The molecule has 0 atom stereocenters. The Balaban J connectivity index is 1.83. The summed E-state index contributed by atoms with van der Waals surface area (Å²) in [5.41, 5.74) is 3.52. The van der Waals surface area contributed by atoms with Crippen molar-refractivity contribution in [2.45, 2.75) is 19.1 Å². The molecule has 2 aromatic carbocycles. The van der Waals surface area contributed by atoms with Crippen LogP contribution in [0.15, 0.2) is 65.3 Å². The quantitative estimate of drug-likeness (QED) is 0.683. The highest BCUT2D eigenvalue weighted by atomic mass is 35.5. The molecular weight excluding hydrogens is 368 g/mol. The topological polar surface area (TPSA) is 50.7 Å². The molecule has 0 bridgehead atoms. The lowest BCUT2D eigenvalue weighted by molar-refractivity contribution is -0.142. The smallest absolute Gasteiger partial charge is 0.311 e. The van der Waals surface area contributed by atoms with Crippen molar-refractivity contribution in [2.75, 3.05) is 11.9 Å². The number of aliphatic imine (C=N–C) groups is 1. The maximum Gasteiger partial charge on any atom is 0.311 e. The van der Waals surface area contributed by atoms with Crippen LogP contribution in [-0.4, -0.2) is 17.6 Å². The van der Waals surface area contributed by atoms with Crippen molar-refractivity contribution in [3.63, 3.8) is 0 Å². The van der Waals surface area contributed by atoms with Gasteiger partial charge in [0.15, 0.2) is 0 Å². The van der Waals surface area contributed by atoms with Gasteiger partial charge in [0.1, 0.15) is 0 Å². The molecule has 6 heteroatoms. The SMILES string of the molecule is CCOC(=O)CC1=CC(SCc2ccccc2Cl)=Nc2ccccc2N1. The largest absolute Gasteiger partial charge is 0.466 e. The molecule has 0 spiro atoms. The van der Waals surface area contributed by atoms with Crippen molar-refractivity contribution in [3.05, 3.63) is 70.9 Å². The molecule has 1 aliphatic rings. The van der Waals surface area contributed by atoms with Crippen LogP contribution in [0.4, 0.5) is 11.4 Å². The molecule has 4 nitrogen and oxygen atoms in total. The summed E-state index contributed by atoms with van der Waals surface area (Å²) in [5.74, 6) is 0.435. The van der Waals surface area contributed by atoms with Crippen LogP contribution in [0.25, 0.3) is 0 Å². The highest BCUT2D eigenvalue weighted by Crippen LogP contribution is 2.32. The van der Waals surface area contributed by atoms with Gasteiger partial charge in [0.05, 0.1) is 29.4 Å². The van der Waals surface area contributed by atoms with Gasteiger partial charge in [0.2, 0.25) is 0 Å². The van der Waals surface area contributed by atoms with Gasteiger partial charge in [-0.05, 0) is 36.8 Å². The predicted octanol–water partition coefficient (Wildman–Crippen LogP) is 5.57. The third-order valence-electron chi connectivity index (χ3n) is 3.70. The minimum absolute atomic E-state index is 0.174. The van der Waals surface area contributed by atoms with Gasteiger partial charge in [0.25, 0.3) is 0 Å². The summed E-state index contributed by atoms with van der Waals surface area (Å²) in [4.78, 5) is 16.6. The summed E-state index contributed by atoms with van der Waals surface area (Å²) < 4.78 is 5.07. The molecule has 26 heavy (non-hydrogen) atoms. The molecule has 1 aliphatic heterocycles. The number of benzene rings is 2. The van der Waals surface area contributed by atoms with Crippen molar-refractivity contribution >= 4 is 45.8 Å². The summed E-state index contributed by atoms with van der Waals surface area (Å²) in [6.07, 6.45) is 2.08. The van der Waals surface area contributed by atoms with E-state index < -0.39 is 0 Å². The molecule has 0 fully saturated rings. The summed E-state index contributed by atoms with van der Waals surface area (Å²) >= 11 is 7.83. The van der Waals surface area contributed by atoms with E-state index in [9.17, 15) is 4.79 Å². The minimum Gasteiger partial charge on any atom is -0.466 e. The van der Waals surface area contributed by atoms with E-state index in [0.717, 1.165) is 32.7 Å². The summed E-state index contributed by atoms with van der Waals surface area (Å²) in [7, 11) is 0. The van der Waals surface area contributed by atoms with Crippen LogP contribution < -0.4 is 5.32 Å². The average molecular weight is 387 g/mol. The third-order valence-corrected chi connectivity index (χ3v) is 5.03. The van der Waals surface area contributed by atoms with Crippen LogP contribution >= 0.6 is 23.4 Å². The molecule has 0 saturated carbocycles. The van der Waals surface area contributed by atoms with Gasteiger partial charge in [-0.25, -0.2) is 4.99 Å². The second-order valence-corrected chi connectivity index (χ2v) is 7.03. The molecule has 3 rings (SSSR count). The summed E-state index contributed by atoms with van der Waals surface area (Å²) in [6.45, 7) is 2.17. The summed E-state index contributed by atoms with van der Waals surface area (Å²) in [6, 6.07) is 15.5. The first-order valence-corrected chi connectivity index (χ1v) is 9.69. The number of halogens is 1. The number of thioether (sulfide) groups is 1. The number of carbonyl (C=O) groups excluding carboxylic acids is 1. The first kappa shape index (κ1) is 18.5. The van der Waals surface area contributed by atoms with Crippen molar-refractivity contribution in [1.82, 2.24) is 0 Å². The number of rotatable bonds is 5. The Morgan fingerprint density at radius 3 is 2.77 bits per heavy atom. The lowest BCUT2D eigenvalue weighted by Crippen LogP contribution is -2.10. The number of para-hydroxylation sites is 2. The lowest BCUT2D eigenvalue weighted by atomic mass is 10.2. The van der Waals surface area contributed by atoms with Crippen LogP contribution in [0.3, 0.4) is 0 Å². The van der Waals surface area contributed by atoms with E-state index in [2.05, 4.69) is 5.32 Å². The van der Waals surface area contributed by atoms with E-state index in [4.69, 9.17) is 21.3 Å². The normalized spacial score (nSPS) is 13.0. The Labute approximate surface area is 162 Å². The van der Waals surface area contributed by atoms with Crippen molar-refractivity contribution in [2.24, 2.45) is 4.99 Å². The van der Waals surface area contributed by atoms with Gasteiger partial charge < -0.3 is 10.1 Å². The van der Waals surface area contributed by atoms with E-state index in [-0.39, 0.29) is 12.4 Å². The molecular formula is C20H19ClN2O2S. The zero-order chi connectivity index (χ0) is 18.4. The molecule has 0 amide bonds. The highest BCUT2D eigenvalue weighted by Gasteiger charge is 2.15. The number of carbonyl (C=O) groups is 1. The van der Waals surface area contributed by atoms with E-state index in [0.29, 0.717) is 12.4 Å². The van der Waals surface area contributed by atoms with E-state index in [1.165, 1.54) is 0 Å². The highest BCUT2D eigenvalue weighted by molar-refractivity contribution is 8.13. The van der Waals surface area contributed by atoms with Crippen LogP contribution in [0.2, 0.25) is 5.02 Å². The van der Waals surface area contributed by atoms with Crippen molar-refractivity contribution in [3.8, 4) is 0 Å². The predicted molar refractivity (Wildman–Crippen MR) is 109 cm³/mol. The monoisotopic (exact) mass is 386 g/mol. The zero-order valence-electron chi connectivity index (χ0n) is 14.4. The molecule has 2 aromatic rings. The molecule has 0 aromatic heterocycles. The third kappa shape index (κ3) is 4.90. The van der Waals surface area contributed by atoms with Crippen LogP contribution in [0, 0.1) is 0 Å². The second kappa shape index (κ2) is 8.92. The number of esters is 1. The fourth-order valence-corrected chi connectivity index (χ4v) is 3.72. The second-order valence-electron chi connectivity index (χ2n) is 5.62.